The first-order chi connectivity index (χ1) is 22.3. The fraction of sp³-hybridized carbons (Fsp3) is 0. The molecule has 0 saturated heterocycles. The van der Waals surface area contributed by atoms with Crippen molar-refractivity contribution in [2.75, 3.05) is 0 Å². The van der Waals surface area contributed by atoms with Gasteiger partial charge in [0, 0.05) is 58.2 Å². The van der Waals surface area contributed by atoms with Crippen molar-refractivity contribution in [3.05, 3.63) is 146 Å². The quantitative estimate of drug-likeness (QED) is 0.180. The van der Waals surface area contributed by atoms with Crippen LogP contribution in [0.5, 0.6) is 0 Å². The number of hydrogen-bond acceptors (Lipinski definition) is 1. The lowest BCUT2D eigenvalue weighted by Crippen LogP contribution is -1.93. The molecule has 4 heterocycles. The van der Waals surface area contributed by atoms with E-state index in [1.54, 1.807) is 0 Å². The number of rotatable bonds is 1. The Balaban J connectivity index is 1.49. The van der Waals surface area contributed by atoms with E-state index >= 15 is 0 Å². The molecule has 0 aliphatic carbocycles. The van der Waals surface area contributed by atoms with E-state index in [2.05, 4.69) is 155 Å². The van der Waals surface area contributed by atoms with Crippen molar-refractivity contribution in [3.63, 3.8) is 0 Å². The van der Waals surface area contributed by atoms with E-state index in [0.29, 0.717) is 0 Å². The second kappa shape index (κ2) is 8.50. The molecule has 0 unspecified atom stereocenters. The number of para-hydroxylation sites is 4. The van der Waals surface area contributed by atoms with Crippen LogP contribution in [0.15, 0.2) is 146 Å². The van der Waals surface area contributed by atoms with Crippen LogP contribution in [0.2, 0.25) is 0 Å². The molecule has 3 heteroatoms. The van der Waals surface area contributed by atoms with Gasteiger partial charge in [-0.05, 0) is 59.3 Å². The third-order valence-corrected chi connectivity index (χ3v) is 11.0. The summed E-state index contributed by atoms with van der Waals surface area (Å²) in [6, 6.07) is 54.0. The Morgan fingerprint density at radius 2 is 0.889 bits per heavy atom. The van der Waals surface area contributed by atoms with E-state index < -0.39 is 0 Å². The highest BCUT2D eigenvalue weighted by Gasteiger charge is 2.20. The van der Waals surface area contributed by atoms with Gasteiger partial charge in [-0.1, -0.05) is 97.1 Å². The highest BCUT2D eigenvalue weighted by Crippen LogP contribution is 2.45. The van der Waals surface area contributed by atoms with Crippen LogP contribution in [0.3, 0.4) is 0 Å². The van der Waals surface area contributed by atoms with E-state index in [1.165, 1.54) is 96.5 Å². The zero-order valence-electron chi connectivity index (χ0n) is 24.2. The van der Waals surface area contributed by atoms with Gasteiger partial charge in [-0.25, -0.2) is 0 Å². The maximum Gasteiger partial charge on any atom is 0.0619 e. The molecule has 0 aliphatic heterocycles. The van der Waals surface area contributed by atoms with Crippen LogP contribution >= 0.6 is 11.3 Å². The number of benzene rings is 7. The van der Waals surface area contributed by atoms with Crippen LogP contribution in [-0.2, 0) is 0 Å². The first-order valence-corrected chi connectivity index (χ1v) is 16.3. The number of hydrogen-bond donors (Lipinski definition) is 0. The van der Waals surface area contributed by atoms with Gasteiger partial charge in [0.05, 0.1) is 27.6 Å². The van der Waals surface area contributed by atoms with Crippen LogP contribution < -0.4 is 0 Å². The highest BCUT2D eigenvalue weighted by molar-refractivity contribution is 7.26. The molecule has 0 saturated carbocycles. The van der Waals surface area contributed by atoms with Crippen molar-refractivity contribution in [3.8, 4) is 5.69 Å². The van der Waals surface area contributed by atoms with Gasteiger partial charge in [-0.3, -0.25) is 0 Å². The number of nitrogens with zero attached hydrogens (tertiary/aromatic N) is 2. The first kappa shape index (κ1) is 23.8. The topological polar surface area (TPSA) is 9.34 Å². The van der Waals surface area contributed by atoms with Crippen LogP contribution in [-0.4, -0.2) is 8.97 Å². The van der Waals surface area contributed by atoms with Crippen molar-refractivity contribution in [1.29, 1.82) is 0 Å². The smallest absolute Gasteiger partial charge is 0.0619 e. The molecule has 0 aliphatic rings. The molecule has 7 aromatic carbocycles. The van der Waals surface area contributed by atoms with E-state index in [-0.39, 0.29) is 0 Å². The first-order valence-electron chi connectivity index (χ1n) is 15.5. The van der Waals surface area contributed by atoms with Gasteiger partial charge in [-0.2, -0.15) is 0 Å². The molecule has 0 spiro atoms. The van der Waals surface area contributed by atoms with Crippen molar-refractivity contribution in [1.82, 2.24) is 8.97 Å². The molecule has 0 fully saturated rings. The molecule has 208 valence electrons. The minimum absolute atomic E-state index is 1.17. The maximum absolute atomic E-state index is 2.55. The van der Waals surface area contributed by atoms with Gasteiger partial charge < -0.3 is 8.97 Å². The lowest BCUT2D eigenvalue weighted by molar-refractivity contribution is 1.18. The van der Waals surface area contributed by atoms with Crippen molar-refractivity contribution < 1.29 is 0 Å². The zero-order chi connectivity index (χ0) is 29.2. The highest BCUT2D eigenvalue weighted by atomic mass is 32.1. The standard InChI is InChI=1S/C42H24N2S/c1-2-11-25(12-3-1)43-34-19-6-5-14-27(34)32-23-33-31-18-8-17-30-29-16-10-22-39-41(29)40-28(15-9-21-38(40)45-39)26-13-4-7-20-35(26)44(42(30)31)37(33)24-36(32)43/h1-24H. The second-order valence-corrected chi connectivity index (χ2v) is 13.2. The molecule has 2 nitrogen and oxygen atoms in total. The molecule has 0 amide bonds. The molecular weight excluding hydrogens is 565 g/mol. The predicted octanol–water partition coefficient (Wildman–Crippen LogP) is 12.0. The van der Waals surface area contributed by atoms with Crippen molar-refractivity contribution in [2.45, 2.75) is 0 Å². The van der Waals surface area contributed by atoms with Crippen molar-refractivity contribution in [2.24, 2.45) is 0 Å². The van der Waals surface area contributed by atoms with E-state index in [0.717, 1.165) is 0 Å². The summed E-state index contributed by atoms with van der Waals surface area (Å²) >= 11 is 1.90. The Bertz CT molecular complexity index is 3030. The van der Waals surface area contributed by atoms with Crippen molar-refractivity contribution >= 4 is 102 Å². The van der Waals surface area contributed by atoms with Crippen LogP contribution in [0.1, 0.15) is 0 Å². The Hall–Kier alpha value is -5.64. The molecule has 11 rings (SSSR count). The Kier molecular flexibility index (Phi) is 4.49. The largest absolute Gasteiger partial charge is 0.309 e. The average Bonchev–Trinajstić information content (AvgIpc) is 3.75. The summed E-state index contributed by atoms with van der Waals surface area (Å²) in [5, 5.41) is 13.0. The van der Waals surface area contributed by atoms with E-state index in [1.807, 2.05) is 11.3 Å². The van der Waals surface area contributed by atoms with Crippen LogP contribution in [0.25, 0.3) is 96.5 Å². The zero-order valence-corrected chi connectivity index (χ0v) is 25.0. The Labute approximate surface area is 261 Å². The summed E-state index contributed by atoms with van der Waals surface area (Å²) in [5.41, 5.74) is 7.32. The Morgan fingerprint density at radius 3 is 1.64 bits per heavy atom. The minimum Gasteiger partial charge on any atom is -0.309 e. The summed E-state index contributed by atoms with van der Waals surface area (Å²) in [7, 11) is 0. The lowest BCUT2D eigenvalue weighted by atomic mass is 10.0. The van der Waals surface area contributed by atoms with Gasteiger partial charge in [0.25, 0.3) is 0 Å². The molecule has 11 aromatic rings. The molecule has 4 aromatic heterocycles. The minimum atomic E-state index is 1.17. The fourth-order valence-electron chi connectivity index (χ4n) is 8.06. The van der Waals surface area contributed by atoms with Crippen LogP contribution in [0, 0.1) is 0 Å². The number of aromatic nitrogens is 2. The Morgan fingerprint density at radius 1 is 0.356 bits per heavy atom. The van der Waals surface area contributed by atoms with Gasteiger partial charge in [-0.15, -0.1) is 11.3 Å². The SMILES string of the molecule is c1ccc(-n2c3ccccc3c3cc4c5cccc6c7cccc8sc9cccc(c%10ccccc%10n(c4cc32)c65)c9c87)cc1. The van der Waals surface area contributed by atoms with Gasteiger partial charge in [0.1, 0.15) is 0 Å². The predicted molar refractivity (Wildman–Crippen MR) is 195 cm³/mol. The van der Waals surface area contributed by atoms with E-state index in [9.17, 15) is 0 Å². The normalized spacial score (nSPS) is 12.4. The van der Waals surface area contributed by atoms with Gasteiger partial charge in [0.15, 0.2) is 0 Å². The lowest BCUT2D eigenvalue weighted by Gasteiger charge is -2.08. The van der Waals surface area contributed by atoms with Gasteiger partial charge >= 0.3 is 0 Å². The van der Waals surface area contributed by atoms with E-state index in [4.69, 9.17) is 0 Å². The van der Waals surface area contributed by atoms with Crippen LogP contribution in [0.4, 0.5) is 0 Å². The summed E-state index contributed by atoms with van der Waals surface area (Å²) in [6.07, 6.45) is 0. The number of thiophene rings is 1. The fourth-order valence-corrected chi connectivity index (χ4v) is 9.22. The average molecular weight is 589 g/mol. The number of fused-ring (bicyclic) bond motifs is 10. The summed E-state index contributed by atoms with van der Waals surface area (Å²) in [4.78, 5) is 0. The monoisotopic (exact) mass is 588 g/mol. The molecule has 0 N–H and O–H groups in total. The summed E-state index contributed by atoms with van der Waals surface area (Å²) in [6.45, 7) is 0. The summed E-state index contributed by atoms with van der Waals surface area (Å²) in [5.74, 6) is 0. The molecule has 0 radical (unpaired) electrons. The molecular formula is C42H24N2S. The summed E-state index contributed by atoms with van der Waals surface area (Å²) < 4.78 is 7.65. The second-order valence-electron chi connectivity index (χ2n) is 12.1. The maximum atomic E-state index is 2.55. The third kappa shape index (κ3) is 2.98. The molecule has 0 atom stereocenters. The molecule has 45 heavy (non-hydrogen) atoms. The van der Waals surface area contributed by atoms with Gasteiger partial charge in [0.2, 0.25) is 0 Å². The molecule has 0 bridgehead atoms. The third-order valence-electron chi connectivity index (χ3n) is 9.84.